The maximum Gasteiger partial charge on any atom is 0.239 e. The average Bonchev–Trinajstić information content (AvgIpc) is 3.17. The maximum absolute atomic E-state index is 12.0. The van der Waals surface area contributed by atoms with E-state index in [0.29, 0.717) is 18.1 Å². The summed E-state index contributed by atoms with van der Waals surface area (Å²) in [6, 6.07) is 12.0. The molecule has 3 rings (SSSR count). The van der Waals surface area contributed by atoms with Crippen molar-refractivity contribution in [2.45, 2.75) is 19.9 Å². The van der Waals surface area contributed by atoms with Crippen LogP contribution < -0.4 is 5.32 Å². The Balaban J connectivity index is 1.49. The molecule has 0 unspecified atom stereocenters. The van der Waals surface area contributed by atoms with Crippen molar-refractivity contribution in [1.29, 1.82) is 0 Å². The van der Waals surface area contributed by atoms with Crippen LogP contribution in [0.1, 0.15) is 22.0 Å². The van der Waals surface area contributed by atoms with E-state index < -0.39 is 0 Å². The highest BCUT2D eigenvalue weighted by molar-refractivity contribution is 7.09. The van der Waals surface area contributed by atoms with Gasteiger partial charge in [0.1, 0.15) is 5.76 Å². The first-order valence-electron chi connectivity index (χ1n) is 7.97. The van der Waals surface area contributed by atoms with Crippen LogP contribution in [0.4, 0.5) is 5.82 Å². The van der Waals surface area contributed by atoms with Crippen LogP contribution in [0.25, 0.3) is 0 Å². The summed E-state index contributed by atoms with van der Waals surface area (Å²) in [6.07, 6.45) is 0.835. The van der Waals surface area contributed by atoms with Crippen molar-refractivity contribution in [2.24, 2.45) is 0 Å². The lowest BCUT2D eigenvalue weighted by Crippen LogP contribution is -2.30. The zero-order valence-corrected chi connectivity index (χ0v) is 15.0. The largest absolute Gasteiger partial charge is 0.360 e. The van der Waals surface area contributed by atoms with Gasteiger partial charge in [0.05, 0.1) is 17.2 Å². The van der Waals surface area contributed by atoms with E-state index in [9.17, 15) is 4.79 Å². The maximum atomic E-state index is 12.0. The summed E-state index contributed by atoms with van der Waals surface area (Å²) in [5.74, 6) is 0.974. The number of hydrogen-bond acceptors (Lipinski definition) is 6. The van der Waals surface area contributed by atoms with Crippen LogP contribution in [-0.2, 0) is 17.8 Å². The molecule has 1 amide bonds. The summed E-state index contributed by atoms with van der Waals surface area (Å²) in [7, 11) is 1.89. The topological polar surface area (TPSA) is 71.3 Å². The Bertz CT molecular complexity index is 828. The lowest BCUT2D eigenvalue weighted by Gasteiger charge is -2.14. The Hall–Kier alpha value is -2.51. The smallest absolute Gasteiger partial charge is 0.239 e. The number of likely N-dealkylation sites (N-methyl/N-ethyl adjacent to an activating group) is 1. The van der Waals surface area contributed by atoms with Crippen molar-refractivity contribution in [1.82, 2.24) is 15.0 Å². The molecule has 0 aliphatic carbocycles. The molecule has 130 valence electrons. The molecule has 0 atom stereocenters. The van der Waals surface area contributed by atoms with Crippen molar-refractivity contribution in [3.05, 3.63) is 63.8 Å². The lowest BCUT2D eigenvalue weighted by atomic mass is 10.2. The molecule has 2 aromatic heterocycles. The van der Waals surface area contributed by atoms with Gasteiger partial charge in [-0.3, -0.25) is 9.69 Å². The number of thiazole rings is 1. The molecule has 25 heavy (non-hydrogen) atoms. The van der Waals surface area contributed by atoms with Crippen LogP contribution in [-0.4, -0.2) is 34.5 Å². The molecular formula is C18H20N4O2S. The first-order chi connectivity index (χ1) is 12.1. The van der Waals surface area contributed by atoms with E-state index >= 15 is 0 Å². The molecule has 0 fully saturated rings. The molecule has 0 saturated carbocycles. The SMILES string of the molecule is Cc1cc(NC(=O)CN(C)Cc2csc(Cc3ccccc3)n2)no1. The Morgan fingerprint density at radius 2 is 2.12 bits per heavy atom. The van der Waals surface area contributed by atoms with Gasteiger partial charge in [0.2, 0.25) is 5.91 Å². The summed E-state index contributed by atoms with van der Waals surface area (Å²) in [5, 5.41) is 9.60. The van der Waals surface area contributed by atoms with Crippen molar-refractivity contribution in [2.75, 3.05) is 18.9 Å². The first kappa shape index (κ1) is 17.3. The van der Waals surface area contributed by atoms with E-state index in [0.717, 1.165) is 17.1 Å². The van der Waals surface area contributed by atoms with Crippen molar-refractivity contribution in [3.63, 3.8) is 0 Å². The van der Waals surface area contributed by atoms with Gasteiger partial charge in [-0.1, -0.05) is 35.5 Å². The van der Waals surface area contributed by atoms with Gasteiger partial charge in [-0.25, -0.2) is 4.98 Å². The minimum Gasteiger partial charge on any atom is -0.360 e. The van der Waals surface area contributed by atoms with Gasteiger partial charge >= 0.3 is 0 Å². The standard InChI is InChI=1S/C18H20N4O2S/c1-13-8-16(21-24-13)20-17(23)11-22(2)10-15-12-25-18(19-15)9-14-6-4-3-5-7-14/h3-8,12H,9-11H2,1-2H3,(H,20,21,23). The zero-order valence-electron chi connectivity index (χ0n) is 14.2. The number of anilines is 1. The third-order valence-electron chi connectivity index (χ3n) is 3.54. The van der Waals surface area contributed by atoms with Crippen LogP contribution in [0.15, 0.2) is 46.3 Å². The number of aromatic nitrogens is 2. The van der Waals surface area contributed by atoms with E-state index in [2.05, 4.69) is 27.6 Å². The van der Waals surface area contributed by atoms with Gasteiger partial charge in [0.25, 0.3) is 0 Å². The Kier molecular flexibility index (Phi) is 5.57. The Morgan fingerprint density at radius 3 is 2.84 bits per heavy atom. The molecule has 7 heteroatoms. The predicted octanol–water partition coefficient (Wildman–Crippen LogP) is 3.10. The second kappa shape index (κ2) is 8.04. The molecular weight excluding hydrogens is 336 g/mol. The number of nitrogens with zero attached hydrogens (tertiary/aromatic N) is 3. The molecule has 0 saturated heterocycles. The lowest BCUT2D eigenvalue weighted by molar-refractivity contribution is -0.117. The fourth-order valence-corrected chi connectivity index (χ4v) is 3.28. The third-order valence-corrected chi connectivity index (χ3v) is 4.44. The number of hydrogen-bond donors (Lipinski definition) is 1. The van der Waals surface area contributed by atoms with Gasteiger partial charge in [-0.2, -0.15) is 0 Å². The highest BCUT2D eigenvalue weighted by atomic mass is 32.1. The summed E-state index contributed by atoms with van der Waals surface area (Å²) in [4.78, 5) is 18.6. The monoisotopic (exact) mass is 356 g/mol. The first-order valence-corrected chi connectivity index (χ1v) is 8.85. The van der Waals surface area contributed by atoms with Crippen LogP contribution in [0.2, 0.25) is 0 Å². The zero-order chi connectivity index (χ0) is 17.6. The summed E-state index contributed by atoms with van der Waals surface area (Å²) in [6.45, 7) is 2.66. The van der Waals surface area contributed by atoms with Crippen LogP contribution in [0.5, 0.6) is 0 Å². The van der Waals surface area contributed by atoms with Crippen LogP contribution >= 0.6 is 11.3 Å². The number of rotatable bonds is 7. The fourth-order valence-electron chi connectivity index (χ4n) is 2.46. The molecule has 1 N–H and O–H groups in total. The predicted molar refractivity (Wildman–Crippen MR) is 97.6 cm³/mol. The van der Waals surface area contributed by atoms with Gasteiger partial charge < -0.3 is 9.84 Å². The molecule has 0 spiro atoms. The van der Waals surface area contributed by atoms with Gasteiger partial charge in [-0.15, -0.1) is 11.3 Å². The third kappa shape index (κ3) is 5.23. The second-order valence-corrected chi connectivity index (χ2v) is 6.88. The summed E-state index contributed by atoms with van der Waals surface area (Å²) >= 11 is 1.65. The molecule has 3 aromatic rings. The Labute approximate surface area is 150 Å². The highest BCUT2D eigenvalue weighted by Gasteiger charge is 2.11. The summed E-state index contributed by atoms with van der Waals surface area (Å²) < 4.78 is 4.93. The number of benzene rings is 1. The van der Waals surface area contributed by atoms with Crippen molar-refractivity contribution < 1.29 is 9.32 Å². The van der Waals surface area contributed by atoms with Crippen molar-refractivity contribution >= 4 is 23.1 Å². The minimum atomic E-state index is -0.129. The molecule has 0 radical (unpaired) electrons. The number of aryl methyl sites for hydroxylation is 1. The minimum absolute atomic E-state index is 0.129. The van der Waals surface area contributed by atoms with Gasteiger partial charge in [0, 0.05) is 24.4 Å². The molecule has 6 nitrogen and oxygen atoms in total. The molecule has 0 aliphatic heterocycles. The van der Waals surface area contributed by atoms with Crippen LogP contribution in [0, 0.1) is 6.92 Å². The number of carbonyl (C=O) groups excluding carboxylic acids is 1. The summed E-state index contributed by atoms with van der Waals surface area (Å²) in [5.41, 5.74) is 2.22. The van der Waals surface area contributed by atoms with Crippen molar-refractivity contribution in [3.8, 4) is 0 Å². The normalized spacial score (nSPS) is 11.0. The molecule has 0 bridgehead atoms. The van der Waals surface area contributed by atoms with Crippen LogP contribution in [0.3, 0.4) is 0 Å². The van der Waals surface area contributed by atoms with E-state index in [4.69, 9.17) is 4.52 Å². The molecule has 0 aliphatic rings. The Morgan fingerprint density at radius 1 is 1.32 bits per heavy atom. The molecule has 2 heterocycles. The van der Waals surface area contributed by atoms with Gasteiger partial charge in [-0.05, 0) is 19.5 Å². The highest BCUT2D eigenvalue weighted by Crippen LogP contribution is 2.16. The van der Waals surface area contributed by atoms with E-state index in [1.165, 1.54) is 5.56 Å². The van der Waals surface area contributed by atoms with E-state index in [-0.39, 0.29) is 12.5 Å². The quantitative estimate of drug-likeness (QED) is 0.704. The van der Waals surface area contributed by atoms with Gasteiger partial charge in [0.15, 0.2) is 5.82 Å². The average molecular weight is 356 g/mol. The number of carbonyl (C=O) groups is 1. The number of amides is 1. The van der Waals surface area contributed by atoms with E-state index in [1.54, 1.807) is 24.3 Å². The number of nitrogens with one attached hydrogen (secondary N) is 1. The van der Waals surface area contributed by atoms with E-state index in [1.807, 2.05) is 35.5 Å². The second-order valence-electron chi connectivity index (χ2n) is 5.94. The fraction of sp³-hybridized carbons (Fsp3) is 0.278. The molecule has 1 aromatic carbocycles.